The summed E-state index contributed by atoms with van der Waals surface area (Å²) in [4.78, 5) is 22.5. The van der Waals surface area contributed by atoms with Crippen LogP contribution in [0.2, 0.25) is 0 Å². The van der Waals surface area contributed by atoms with Gasteiger partial charge in [-0.25, -0.2) is 0 Å². The molecule has 1 unspecified atom stereocenters. The number of fused-ring (bicyclic) bond motifs is 1. The number of piperidine rings is 1. The van der Waals surface area contributed by atoms with Crippen molar-refractivity contribution >= 4 is 5.91 Å². The van der Waals surface area contributed by atoms with Crippen molar-refractivity contribution in [2.24, 2.45) is 0 Å². The van der Waals surface area contributed by atoms with Crippen molar-refractivity contribution in [3.05, 3.63) is 28.6 Å². The molecule has 0 aromatic carbocycles. The number of likely N-dealkylation sites (tertiary alicyclic amines) is 1. The fourth-order valence-electron chi connectivity index (χ4n) is 4.18. The molecule has 2 aliphatic heterocycles. The second-order valence-corrected chi connectivity index (χ2v) is 8.03. The van der Waals surface area contributed by atoms with Crippen molar-refractivity contribution in [3.63, 3.8) is 0 Å². The zero-order valence-electron chi connectivity index (χ0n) is 15.2. The molecule has 0 bridgehead atoms. The van der Waals surface area contributed by atoms with E-state index in [1.54, 1.807) is 0 Å². The average Bonchev–Trinajstić information content (AvgIpc) is 3.38. The summed E-state index contributed by atoms with van der Waals surface area (Å²) in [6.07, 6.45) is 6.37. The molecule has 0 N–H and O–H groups in total. The monoisotopic (exact) mass is 327 g/mol. The van der Waals surface area contributed by atoms with E-state index in [0.717, 1.165) is 30.9 Å². The predicted octanol–water partition coefficient (Wildman–Crippen LogP) is 3.87. The van der Waals surface area contributed by atoms with E-state index in [4.69, 9.17) is 4.98 Å². The van der Waals surface area contributed by atoms with E-state index >= 15 is 0 Å². The third-order valence-electron chi connectivity index (χ3n) is 5.95. The lowest BCUT2D eigenvalue weighted by Gasteiger charge is -2.32. The summed E-state index contributed by atoms with van der Waals surface area (Å²) in [7, 11) is 0. The standard InChI is InChI=1S/C20H29N3O/c1-13(2)23-12-17-16(20(23)24)11-18(21-19(17)15-7-8-15)14(3)22-9-5-4-6-10-22/h11,13-15H,4-10,12H2,1-3H3. The van der Waals surface area contributed by atoms with E-state index in [-0.39, 0.29) is 11.9 Å². The van der Waals surface area contributed by atoms with Gasteiger partial charge < -0.3 is 4.90 Å². The molecule has 0 spiro atoms. The van der Waals surface area contributed by atoms with Crippen molar-refractivity contribution in [2.75, 3.05) is 13.1 Å². The molecule has 130 valence electrons. The third kappa shape index (κ3) is 2.75. The zero-order chi connectivity index (χ0) is 16.8. The Morgan fingerprint density at radius 2 is 1.83 bits per heavy atom. The maximum Gasteiger partial charge on any atom is 0.254 e. The van der Waals surface area contributed by atoms with Gasteiger partial charge in [-0.3, -0.25) is 14.7 Å². The van der Waals surface area contributed by atoms with Gasteiger partial charge in [-0.05, 0) is 65.6 Å². The molecular weight excluding hydrogens is 298 g/mol. The molecule has 1 aromatic heterocycles. The van der Waals surface area contributed by atoms with E-state index in [1.807, 2.05) is 4.90 Å². The van der Waals surface area contributed by atoms with Crippen LogP contribution < -0.4 is 0 Å². The molecule has 0 radical (unpaired) electrons. The highest BCUT2D eigenvalue weighted by atomic mass is 16.2. The molecule has 2 fully saturated rings. The highest BCUT2D eigenvalue weighted by Crippen LogP contribution is 2.44. The molecule has 1 saturated heterocycles. The molecule has 1 atom stereocenters. The van der Waals surface area contributed by atoms with Crippen LogP contribution >= 0.6 is 0 Å². The number of carbonyl (C=O) groups excluding carboxylic acids is 1. The fourth-order valence-corrected chi connectivity index (χ4v) is 4.18. The first-order valence-corrected chi connectivity index (χ1v) is 9.65. The van der Waals surface area contributed by atoms with Crippen LogP contribution in [0.5, 0.6) is 0 Å². The molecule has 1 aliphatic carbocycles. The summed E-state index contributed by atoms with van der Waals surface area (Å²) >= 11 is 0. The molecule has 4 heteroatoms. The van der Waals surface area contributed by atoms with Gasteiger partial charge in [-0.2, -0.15) is 0 Å². The minimum absolute atomic E-state index is 0.205. The minimum atomic E-state index is 0.205. The Hall–Kier alpha value is -1.42. The first-order valence-electron chi connectivity index (χ1n) is 9.65. The molecule has 24 heavy (non-hydrogen) atoms. The van der Waals surface area contributed by atoms with Crippen molar-refractivity contribution in [3.8, 4) is 0 Å². The van der Waals surface area contributed by atoms with Crippen LogP contribution in [0.15, 0.2) is 6.07 Å². The summed E-state index contributed by atoms with van der Waals surface area (Å²) in [6.45, 7) is 9.53. The van der Waals surface area contributed by atoms with Crippen molar-refractivity contribution in [1.82, 2.24) is 14.8 Å². The maximum atomic E-state index is 12.9. The van der Waals surface area contributed by atoms with Gasteiger partial charge in [0.15, 0.2) is 0 Å². The van der Waals surface area contributed by atoms with Crippen molar-refractivity contribution in [1.29, 1.82) is 0 Å². The zero-order valence-corrected chi connectivity index (χ0v) is 15.2. The molecule has 3 aliphatic rings. The quantitative estimate of drug-likeness (QED) is 0.842. The fraction of sp³-hybridized carbons (Fsp3) is 0.700. The van der Waals surface area contributed by atoms with Crippen LogP contribution in [0, 0.1) is 0 Å². The number of carbonyl (C=O) groups is 1. The average molecular weight is 327 g/mol. The van der Waals surface area contributed by atoms with Gasteiger partial charge in [0.1, 0.15) is 0 Å². The Labute approximate surface area is 145 Å². The summed E-state index contributed by atoms with van der Waals surface area (Å²) in [5, 5.41) is 0. The van der Waals surface area contributed by atoms with Gasteiger partial charge in [0.2, 0.25) is 0 Å². The van der Waals surface area contributed by atoms with E-state index in [9.17, 15) is 4.79 Å². The molecule has 4 nitrogen and oxygen atoms in total. The van der Waals surface area contributed by atoms with Crippen LogP contribution in [0.1, 0.15) is 92.1 Å². The molecule has 1 aromatic rings. The number of pyridine rings is 1. The largest absolute Gasteiger partial charge is 0.332 e. The normalized spacial score (nSPS) is 23.0. The molecule has 1 saturated carbocycles. The Morgan fingerprint density at radius 1 is 1.12 bits per heavy atom. The van der Waals surface area contributed by atoms with Gasteiger partial charge in [-0.15, -0.1) is 0 Å². The van der Waals surface area contributed by atoms with E-state index in [2.05, 4.69) is 31.7 Å². The van der Waals surface area contributed by atoms with Gasteiger partial charge in [0, 0.05) is 41.4 Å². The first kappa shape index (κ1) is 16.1. The second kappa shape index (κ2) is 6.14. The number of aromatic nitrogens is 1. The lowest BCUT2D eigenvalue weighted by molar-refractivity contribution is 0.0730. The highest BCUT2D eigenvalue weighted by Gasteiger charge is 2.37. The predicted molar refractivity (Wildman–Crippen MR) is 95.1 cm³/mol. The second-order valence-electron chi connectivity index (χ2n) is 8.03. The van der Waals surface area contributed by atoms with Gasteiger partial charge in [0.05, 0.1) is 5.69 Å². The smallest absolute Gasteiger partial charge is 0.254 e. The van der Waals surface area contributed by atoms with Crippen LogP contribution in [-0.2, 0) is 6.54 Å². The van der Waals surface area contributed by atoms with E-state index in [1.165, 1.54) is 43.4 Å². The van der Waals surface area contributed by atoms with Crippen LogP contribution in [0.4, 0.5) is 0 Å². The van der Waals surface area contributed by atoms with Crippen molar-refractivity contribution < 1.29 is 4.79 Å². The third-order valence-corrected chi connectivity index (χ3v) is 5.95. The van der Waals surface area contributed by atoms with Crippen molar-refractivity contribution in [2.45, 2.75) is 77.4 Å². The van der Waals surface area contributed by atoms with E-state index in [0.29, 0.717) is 12.0 Å². The Bertz CT molecular complexity index is 645. The number of nitrogens with zero attached hydrogens (tertiary/aromatic N) is 3. The lowest BCUT2D eigenvalue weighted by Crippen LogP contribution is -2.33. The molecule has 4 rings (SSSR count). The molecule has 1 amide bonds. The maximum absolute atomic E-state index is 12.9. The summed E-state index contributed by atoms with van der Waals surface area (Å²) in [6, 6.07) is 2.67. The number of rotatable bonds is 4. The Morgan fingerprint density at radius 3 is 2.46 bits per heavy atom. The highest BCUT2D eigenvalue weighted by molar-refractivity contribution is 5.99. The topological polar surface area (TPSA) is 36.4 Å². The first-order chi connectivity index (χ1) is 11.6. The number of hydrogen-bond acceptors (Lipinski definition) is 3. The summed E-state index contributed by atoms with van der Waals surface area (Å²) in [5.41, 5.74) is 4.48. The van der Waals surface area contributed by atoms with Gasteiger partial charge in [-0.1, -0.05) is 6.42 Å². The molecular formula is C20H29N3O. The van der Waals surface area contributed by atoms with Crippen LogP contribution in [0.3, 0.4) is 0 Å². The molecule has 3 heterocycles. The summed E-state index contributed by atoms with van der Waals surface area (Å²) in [5.74, 6) is 0.795. The number of hydrogen-bond donors (Lipinski definition) is 0. The van der Waals surface area contributed by atoms with Crippen LogP contribution in [0.25, 0.3) is 0 Å². The van der Waals surface area contributed by atoms with Crippen LogP contribution in [-0.4, -0.2) is 39.8 Å². The Balaban J connectivity index is 1.70. The van der Waals surface area contributed by atoms with Gasteiger partial charge >= 0.3 is 0 Å². The number of amides is 1. The SMILES string of the molecule is CC(c1cc2c(c(C3CC3)n1)CN(C(C)C)C2=O)N1CCCCC1. The summed E-state index contributed by atoms with van der Waals surface area (Å²) < 4.78 is 0. The van der Waals surface area contributed by atoms with Gasteiger partial charge in [0.25, 0.3) is 5.91 Å². The Kier molecular flexibility index (Phi) is 4.11. The van der Waals surface area contributed by atoms with E-state index < -0.39 is 0 Å². The lowest BCUT2D eigenvalue weighted by atomic mass is 10.0. The minimum Gasteiger partial charge on any atom is -0.332 e.